The van der Waals surface area contributed by atoms with Crippen LogP contribution in [-0.4, -0.2) is 28.9 Å². The van der Waals surface area contributed by atoms with E-state index in [1.54, 1.807) is 18.2 Å². The van der Waals surface area contributed by atoms with Gasteiger partial charge in [0.2, 0.25) is 6.41 Å². The number of halogens is 2. The summed E-state index contributed by atoms with van der Waals surface area (Å²) in [7, 11) is 0. The second-order valence-corrected chi connectivity index (χ2v) is 5.04. The van der Waals surface area contributed by atoms with Crippen molar-refractivity contribution >= 4 is 39.9 Å². The van der Waals surface area contributed by atoms with Gasteiger partial charge in [0.05, 0.1) is 0 Å². The minimum absolute atomic E-state index is 0.374. The van der Waals surface area contributed by atoms with E-state index in [9.17, 15) is 14.7 Å². The predicted molar refractivity (Wildman–Crippen MR) is 72.6 cm³/mol. The number of benzene rings is 1. The normalized spacial score (nSPS) is 11.9. The molecule has 1 atom stereocenters. The molecular formula is C12H13BrClNO3. The van der Waals surface area contributed by atoms with Crippen molar-refractivity contribution in [3.63, 3.8) is 0 Å². The van der Waals surface area contributed by atoms with Gasteiger partial charge in [0, 0.05) is 21.6 Å². The molecule has 4 nitrogen and oxygen atoms in total. The monoisotopic (exact) mass is 333 g/mol. The van der Waals surface area contributed by atoms with Crippen LogP contribution in [0.4, 0.5) is 0 Å². The fourth-order valence-corrected chi connectivity index (χ4v) is 2.32. The molecule has 98 valence electrons. The molecule has 0 fully saturated rings. The fraction of sp³-hybridized carbons (Fsp3) is 0.333. The Morgan fingerprint density at radius 1 is 1.61 bits per heavy atom. The van der Waals surface area contributed by atoms with Gasteiger partial charge in [-0.1, -0.05) is 34.5 Å². The fourth-order valence-electron chi connectivity index (χ4n) is 1.68. The van der Waals surface area contributed by atoms with Gasteiger partial charge < -0.3 is 10.0 Å². The third kappa shape index (κ3) is 3.46. The quantitative estimate of drug-likeness (QED) is 0.813. The number of hydrogen-bond donors (Lipinski definition) is 1. The zero-order valence-corrected chi connectivity index (χ0v) is 12.1. The maximum atomic E-state index is 11.4. The van der Waals surface area contributed by atoms with E-state index in [0.29, 0.717) is 34.4 Å². The van der Waals surface area contributed by atoms with Gasteiger partial charge in [-0.3, -0.25) is 4.79 Å². The third-order valence-corrected chi connectivity index (χ3v) is 3.39. The summed E-state index contributed by atoms with van der Waals surface area (Å²) in [6.45, 7) is 2.25. The molecule has 0 aliphatic heterocycles. The molecule has 1 rings (SSSR count). The van der Waals surface area contributed by atoms with Crippen molar-refractivity contribution in [2.75, 3.05) is 6.54 Å². The van der Waals surface area contributed by atoms with E-state index in [1.807, 2.05) is 6.92 Å². The van der Waals surface area contributed by atoms with Gasteiger partial charge in [0.15, 0.2) is 6.04 Å². The summed E-state index contributed by atoms with van der Waals surface area (Å²) in [4.78, 5) is 23.6. The van der Waals surface area contributed by atoms with Crippen LogP contribution in [0.15, 0.2) is 22.7 Å². The van der Waals surface area contributed by atoms with Crippen LogP contribution >= 0.6 is 27.5 Å². The standard InChI is InChI=1S/C12H13BrClNO3/c1-2-5-15(7-16)11(12(17)18)9-6-8(14)3-4-10(9)13/h3-4,6-7,11H,2,5H2,1H3,(H,17,18). The minimum atomic E-state index is -1.08. The Hall–Kier alpha value is -1.07. The molecule has 1 amide bonds. The highest BCUT2D eigenvalue weighted by atomic mass is 79.9. The van der Waals surface area contributed by atoms with E-state index >= 15 is 0 Å². The molecule has 1 aromatic rings. The molecule has 1 N–H and O–H groups in total. The number of rotatable bonds is 6. The van der Waals surface area contributed by atoms with Gasteiger partial charge >= 0.3 is 5.97 Å². The Kier molecular flexibility index (Phi) is 5.62. The molecule has 0 aliphatic rings. The van der Waals surface area contributed by atoms with Crippen LogP contribution in [0.25, 0.3) is 0 Å². The van der Waals surface area contributed by atoms with Crippen LogP contribution in [-0.2, 0) is 9.59 Å². The van der Waals surface area contributed by atoms with Crippen molar-refractivity contribution in [2.45, 2.75) is 19.4 Å². The summed E-state index contributed by atoms with van der Waals surface area (Å²) in [5, 5.41) is 9.74. The van der Waals surface area contributed by atoms with Gasteiger partial charge in [-0.25, -0.2) is 4.79 Å². The lowest BCUT2D eigenvalue weighted by atomic mass is 10.1. The number of amides is 1. The molecule has 18 heavy (non-hydrogen) atoms. The number of carboxylic acids is 1. The SMILES string of the molecule is CCCN(C=O)C(C(=O)O)c1cc(Cl)ccc1Br. The van der Waals surface area contributed by atoms with Gasteiger partial charge in [-0.05, 0) is 24.6 Å². The Labute approximate surface area is 119 Å². The molecule has 0 saturated heterocycles. The van der Waals surface area contributed by atoms with Crippen LogP contribution < -0.4 is 0 Å². The minimum Gasteiger partial charge on any atom is -0.479 e. The van der Waals surface area contributed by atoms with Crippen LogP contribution in [0.3, 0.4) is 0 Å². The largest absolute Gasteiger partial charge is 0.479 e. The molecule has 0 spiro atoms. The number of nitrogens with zero attached hydrogens (tertiary/aromatic N) is 1. The van der Waals surface area contributed by atoms with Crippen molar-refractivity contribution in [1.29, 1.82) is 0 Å². The average Bonchev–Trinajstić information content (AvgIpc) is 2.32. The smallest absolute Gasteiger partial charge is 0.331 e. The van der Waals surface area contributed by atoms with Crippen LogP contribution in [0, 0.1) is 0 Å². The molecule has 1 aromatic carbocycles. The molecule has 6 heteroatoms. The van der Waals surface area contributed by atoms with Crippen molar-refractivity contribution in [2.24, 2.45) is 0 Å². The summed E-state index contributed by atoms with van der Waals surface area (Å²) in [6, 6.07) is 3.84. The van der Waals surface area contributed by atoms with E-state index in [-0.39, 0.29) is 0 Å². The lowest BCUT2D eigenvalue weighted by molar-refractivity contribution is -0.146. The zero-order valence-electron chi connectivity index (χ0n) is 9.77. The molecular weight excluding hydrogens is 321 g/mol. The molecule has 0 radical (unpaired) electrons. The van der Waals surface area contributed by atoms with E-state index in [4.69, 9.17) is 11.6 Å². The number of hydrogen-bond acceptors (Lipinski definition) is 2. The number of carbonyl (C=O) groups is 2. The van der Waals surface area contributed by atoms with Crippen molar-refractivity contribution < 1.29 is 14.7 Å². The molecule has 0 saturated carbocycles. The summed E-state index contributed by atoms with van der Waals surface area (Å²) in [6.07, 6.45) is 1.23. The first-order chi connectivity index (χ1) is 8.51. The number of carbonyl (C=O) groups excluding carboxylic acids is 1. The number of carboxylic acid groups (broad SMARTS) is 1. The highest BCUT2D eigenvalue weighted by Gasteiger charge is 2.28. The van der Waals surface area contributed by atoms with Crippen LogP contribution in [0.1, 0.15) is 24.9 Å². The van der Waals surface area contributed by atoms with Crippen molar-refractivity contribution in [3.05, 3.63) is 33.3 Å². The van der Waals surface area contributed by atoms with Gasteiger partial charge in [0.25, 0.3) is 0 Å². The lowest BCUT2D eigenvalue weighted by Crippen LogP contribution is -2.34. The molecule has 0 aliphatic carbocycles. The second-order valence-electron chi connectivity index (χ2n) is 3.75. The summed E-state index contributed by atoms with van der Waals surface area (Å²) in [5.41, 5.74) is 0.468. The van der Waals surface area contributed by atoms with E-state index in [2.05, 4.69) is 15.9 Å². The maximum absolute atomic E-state index is 11.4. The second kappa shape index (κ2) is 6.75. The third-order valence-electron chi connectivity index (χ3n) is 2.44. The van der Waals surface area contributed by atoms with Crippen LogP contribution in [0.2, 0.25) is 5.02 Å². The van der Waals surface area contributed by atoms with E-state index in [0.717, 1.165) is 0 Å². The molecule has 0 heterocycles. The Morgan fingerprint density at radius 3 is 2.78 bits per heavy atom. The highest BCUT2D eigenvalue weighted by molar-refractivity contribution is 9.10. The Morgan fingerprint density at radius 2 is 2.28 bits per heavy atom. The first kappa shape index (κ1) is 15.0. The highest BCUT2D eigenvalue weighted by Crippen LogP contribution is 2.30. The molecule has 1 unspecified atom stereocenters. The zero-order chi connectivity index (χ0) is 13.7. The van der Waals surface area contributed by atoms with Gasteiger partial charge in [-0.15, -0.1) is 0 Å². The molecule has 0 aromatic heterocycles. The Bertz CT molecular complexity index is 453. The topological polar surface area (TPSA) is 57.6 Å². The van der Waals surface area contributed by atoms with E-state index in [1.165, 1.54) is 4.90 Å². The van der Waals surface area contributed by atoms with Gasteiger partial charge in [0.1, 0.15) is 0 Å². The first-order valence-electron chi connectivity index (χ1n) is 5.40. The van der Waals surface area contributed by atoms with E-state index < -0.39 is 12.0 Å². The Balaban J connectivity index is 3.22. The average molecular weight is 335 g/mol. The first-order valence-corrected chi connectivity index (χ1v) is 6.57. The summed E-state index contributed by atoms with van der Waals surface area (Å²) in [5.74, 6) is -1.08. The van der Waals surface area contributed by atoms with Gasteiger partial charge in [-0.2, -0.15) is 0 Å². The summed E-state index contributed by atoms with van der Waals surface area (Å²) >= 11 is 9.15. The molecule has 0 bridgehead atoms. The lowest BCUT2D eigenvalue weighted by Gasteiger charge is -2.25. The van der Waals surface area contributed by atoms with Crippen molar-refractivity contribution in [3.8, 4) is 0 Å². The number of aliphatic carboxylic acids is 1. The maximum Gasteiger partial charge on any atom is 0.331 e. The predicted octanol–water partition coefficient (Wildman–Crippen LogP) is 3.10. The van der Waals surface area contributed by atoms with Crippen LogP contribution in [0.5, 0.6) is 0 Å². The summed E-state index contributed by atoms with van der Waals surface area (Å²) < 4.78 is 0.613. The van der Waals surface area contributed by atoms with Crippen molar-refractivity contribution in [1.82, 2.24) is 4.90 Å².